The molecule has 4 heterocycles. The lowest BCUT2D eigenvalue weighted by Crippen LogP contribution is -2.40. The van der Waals surface area contributed by atoms with Crippen molar-refractivity contribution in [2.24, 2.45) is 5.92 Å². The Kier molecular flexibility index (Phi) is 5.71. The maximum absolute atomic E-state index is 13.6. The van der Waals surface area contributed by atoms with E-state index in [4.69, 9.17) is 4.52 Å². The molecule has 5 rings (SSSR count). The molecular weight excluding hydrogens is 432 g/mol. The van der Waals surface area contributed by atoms with Gasteiger partial charge in [-0.3, -0.25) is 14.2 Å². The molecule has 3 aromatic heterocycles. The number of carbonyl (C=O) groups is 1. The average molecular weight is 463 g/mol. The lowest BCUT2D eigenvalue weighted by Gasteiger charge is -2.30. The SMILES string of the molecule is Cc1ccc2c(c1)c1ncn(Cc3nc(C(C)C)no3)c(=O)c1n2CC(=O)N1CCC(C)CC1. The van der Waals surface area contributed by atoms with Crippen molar-refractivity contribution in [2.45, 2.75) is 59.5 Å². The number of amides is 1. The molecule has 1 amide bonds. The summed E-state index contributed by atoms with van der Waals surface area (Å²) in [5.74, 6) is 1.74. The summed E-state index contributed by atoms with van der Waals surface area (Å²) in [6.07, 6.45) is 3.54. The third-order valence-corrected chi connectivity index (χ3v) is 6.72. The van der Waals surface area contributed by atoms with Crippen molar-refractivity contribution >= 4 is 27.8 Å². The molecule has 1 saturated heterocycles. The highest BCUT2D eigenvalue weighted by Crippen LogP contribution is 2.27. The average Bonchev–Trinajstić information content (AvgIpc) is 3.39. The van der Waals surface area contributed by atoms with Crippen LogP contribution in [0.15, 0.2) is 33.8 Å². The number of carbonyl (C=O) groups excluding carboxylic acids is 1. The Hall–Kier alpha value is -3.49. The molecular formula is C25H30N6O3. The van der Waals surface area contributed by atoms with Crippen LogP contribution in [0.5, 0.6) is 0 Å². The van der Waals surface area contributed by atoms with Crippen molar-refractivity contribution < 1.29 is 9.32 Å². The number of fused-ring (bicyclic) bond motifs is 3. The molecule has 1 fully saturated rings. The monoisotopic (exact) mass is 462 g/mol. The number of rotatable bonds is 5. The van der Waals surface area contributed by atoms with E-state index in [1.807, 2.05) is 48.4 Å². The maximum Gasteiger partial charge on any atom is 0.278 e. The molecule has 4 aromatic rings. The lowest BCUT2D eigenvalue weighted by atomic mass is 9.99. The lowest BCUT2D eigenvalue weighted by molar-refractivity contribution is -0.133. The molecule has 1 aliphatic rings. The molecule has 0 bridgehead atoms. The van der Waals surface area contributed by atoms with Crippen LogP contribution in [0, 0.1) is 12.8 Å². The van der Waals surface area contributed by atoms with Gasteiger partial charge < -0.3 is 14.0 Å². The first kappa shape index (κ1) is 22.3. The zero-order chi connectivity index (χ0) is 24.0. The summed E-state index contributed by atoms with van der Waals surface area (Å²) in [6, 6.07) is 5.98. The number of piperidine rings is 1. The van der Waals surface area contributed by atoms with Crippen LogP contribution in [-0.4, -0.2) is 48.2 Å². The van der Waals surface area contributed by atoms with E-state index in [0.717, 1.165) is 42.4 Å². The number of aromatic nitrogens is 5. The van der Waals surface area contributed by atoms with Gasteiger partial charge >= 0.3 is 0 Å². The van der Waals surface area contributed by atoms with Gasteiger partial charge in [-0.2, -0.15) is 4.98 Å². The largest absolute Gasteiger partial charge is 0.341 e. The van der Waals surface area contributed by atoms with Crippen molar-refractivity contribution in [1.82, 2.24) is 29.2 Å². The molecule has 1 aromatic carbocycles. The molecule has 0 spiro atoms. The quantitative estimate of drug-likeness (QED) is 0.450. The number of benzene rings is 1. The van der Waals surface area contributed by atoms with E-state index in [9.17, 15) is 9.59 Å². The highest BCUT2D eigenvalue weighted by Gasteiger charge is 2.24. The molecule has 9 heteroatoms. The van der Waals surface area contributed by atoms with Gasteiger partial charge in [-0.15, -0.1) is 0 Å². The van der Waals surface area contributed by atoms with Crippen LogP contribution in [0.2, 0.25) is 0 Å². The summed E-state index contributed by atoms with van der Waals surface area (Å²) in [7, 11) is 0. The zero-order valence-corrected chi connectivity index (χ0v) is 20.1. The Morgan fingerprint density at radius 2 is 2.00 bits per heavy atom. The van der Waals surface area contributed by atoms with E-state index in [0.29, 0.717) is 28.7 Å². The number of hydrogen-bond donors (Lipinski definition) is 0. The van der Waals surface area contributed by atoms with E-state index in [2.05, 4.69) is 22.0 Å². The fraction of sp³-hybridized carbons (Fsp3) is 0.480. The molecule has 0 aliphatic carbocycles. The van der Waals surface area contributed by atoms with Crippen molar-refractivity contribution in [3.05, 3.63) is 52.2 Å². The van der Waals surface area contributed by atoms with Gasteiger partial charge in [0.15, 0.2) is 5.82 Å². The van der Waals surface area contributed by atoms with E-state index >= 15 is 0 Å². The predicted molar refractivity (Wildman–Crippen MR) is 129 cm³/mol. The second-order valence-corrected chi connectivity index (χ2v) is 9.75. The van der Waals surface area contributed by atoms with E-state index in [-0.39, 0.29) is 30.5 Å². The maximum atomic E-state index is 13.6. The minimum Gasteiger partial charge on any atom is -0.341 e. The molecule has 0 N–H and O–H groups in total. The number of nitrogens with zero attached hydrogens (tertiary/aromatic N) is 6. The van der Waals surface area contributed by atoms with Crippen molar-refractivity contribution in [2.75, 3.05) is 13.1 Å². The van der Waals surface area contributed by atoms with E-state index in [1.54, 1.807) is 0 Å². The summed E-state index contributed by atoms with van der Waals surface area (Å²) in [5.41, 5.74) is 2.70. The predicted octanol–water partition coefficient (Wildman–Crippen LogP) is 3.47. The van der Waals surface area contributed by atoms with Crippen molar-refractivity contribution in [1.29, 1.82) is 0 Å². The van der Waals surface area contributed by atoms with Gasteiger partial charge in [-0.25, -0.2) is 4.98 Å². The Morgan fingerprint density at radius 3 is 2.71 bits per heavy atom. The van der Waals surface area contributed by atoms with E-state index < -0.39 is 0 Å². The molecule has 34 heavy (non-hydrogen) atoms. The normalized spacial score (nSPS) is 15.1. The minimum atomic E-state index is -0.233. The summed E-state index contributed by atoms with van der Waals surface area (Å²) in [6.45, 7) is 9.94. The molecule has 0 unspecified atom stereocenters. The van der Waals surface area contributed by atoms with Gasteiger partial charge in [-0.1, -0.05) is 37.6 Å². The van der Waals surface area contributed by atoms with Crippen LogP contribution in [-0.2, 0) is 17.9 Å². The summed E-state index contributed by atoms with van der Waals surface area (Å²) in [4.78, 5) is 37.8. The summed E-state index contributed by atoms with van der Waals surface area (Å²) in [5, 5.41) is 4.86. The van der Waals surface area contributed by atoms with Gasteiger partial charge in [0.05, 0.1) is 11.8 Å². The second kappa shape index (κ2) is 8.70. The van der Waals surface area contributed by atoms with Gasteiger partial charge in [0.25, 0.3) is 5.56 Å². The van der Waals surface area contributed by atoms with Gasteiger partial charge in [0.2, 0.25) is 11.8 Å². The molecule has 9 nitrogen and oxygen atoms in total. The summed E-state index contributed by atoms with van der Waals surface area (Å²) < 4.78 is 8.63. The fourth-order valence-corrected chi connectivity index (χ4v) is 4.60. The minimum absolute atomic E-state index is 0.0274. The van der Waals surface area contributed by atoms with Gasteiger partial charge in [-0.05, 0) is 37.8 Å². The second-order valence-electron chi connectivity index (χ2n) is 9.75. The Morgan fingerprint density at radius 1 is 1.24 bits per heavy atom. The molecule has 1 aliphatic heterocycles. The molecule has 0 atom stereocenters. The highest BCUT2D eigenvalue weighted by molar-refractivity contribution is 6.06. The third-order valence-electron chi connectivity index (χ3n) is 6.72. The topological polar surface area (TPSA) is 99.0 Å². The summed E-state index contributed by atoms with van der Waals surface area (Å²) >= 11 is 0. The van der Waals surface area contributed by atoms with E-state index in [1.165, 1.54) is 10.9 Å². The standard InChI is InChI=1S/C25H30N6O3/c1-15(2)24-27-20(34-28-24)12-30-14-26-22-18-11-17(4)5-6-19(18)31(23(22)25(30)33)13-21(32)29-9-7-16(3)8-10-29/h5-6,11,14-16H,7-10,12-13H2,1-4H3. The van der Waals surface area contributed by atoms with Crippen LogP contribution >= 0.6 is 0 Å². The first-order valence-electron chi connectivity index (χ1n) is 11.9. The molecule has 178 valence electrons. The first-order valence-corrected chi connectivity index (χ1v) is 11.9. The van der Waals surface area contributed by atoms with Crippen LogP contribution in [0.4, 0.5) is 0 Å². The highest BCUT2D eigenvalue weighted by atomic mass is 16.5. The van der Waals surface area contributed by atoms with Gasteiger partial charge in [0, 0.05) is 24.4 Å². The van der Waals surface area contributed by atoms with Crippen molar-refractivity contribution in [3.8, 4) is 0 Å². The van der Waals surface area contributed by atoms with Crippen LogP contribution in [0.25, 0.3) is 21.9 Å². The third kappa shape index (κ3) is 3.99. The number of likely N-dealkylation sites (tertiary alicyclic amines) is 1. The Bertz CT molecular complexity index is 1420. The van der Waals surface area contributed by atoms with Crippen LogP contribution < -0.4 is 5.56 Å². The Balaban J connectivity index is 1.58. The Labute approximate surface area is 197 Å². The molecule has 0 saturated carbocycles. The van der Waals surface area contributed by atoms with Crippen molar-refractivity contribution in [3.63, 3.8) is 0 Å². The fourth-order valence-electron chi connectivity index (χ4n) is 4.60. The first-order chi connectivity index (χ1) is 16.3. The van der Waals surface area contributed by atoms with Gasteiger partial charge in [0.1, 0.15) is 24.1 Å². The number of hydrogen-bond acceptors (Lipinski definition) is 6. The van der Waals surface area contributed by atoms with Crippen LogP contribution in [0.3, 0.4) is 0 Å². The number of aryl methyl sites for hydroxylation is 1. The zero-order valence-electron chi connectivity index (χ0n) is 20.1. The smallest absolute Gasteiger partial charge is 0.278 e. The molecule has 0 radical (unpaired) electrons. The van der Waals surface area contributed by atoms with Crippen LogP contribution in [0.1, 0.15) is 56.8 Å².